The molecule has 0 radical (unpaired) electrons. The largest absolute Gasteiger partial charge is 0.295 e. The molecule has 2 nitrogen and oxygen atoms in total. The molecular weight excluding hydrogens is 581 g/mol. The van der Waals surface area contributed by atoms with Crippen molar-refractivity contribution in [1.29, 1.82) is 0 Å². The van der Waals surface area contributed by atoms with Crippen molar-refractivity contribution in [3.8, 4) is 39.1 Å². The van der Waals surface area contributed by atoms with Crippen LogP contribution in [0.2, 0.25) is 0 Å². The van der Waals surface area contributed by atoms with Crippen LogP contribution in [0.25, 0.3) is 82.4 Å². The number of imidazole rings is 1. The number of para-hydroxylation sites is 2. The summed E-state index contributed by atoms with van der Waals surface area (Å²) >= 11 is 0. The molecule has 226 valence electrons. The quantitative estimate of drug-likeness (QED) is 0.182. The van der Waals surface area contributed by atoms with Crippen LogP contribution in [0.3, 0.4) is 0 Å². The number of nitrogens with zero attached hydrogens (tertiary/aromatic N) is 2. The van der Waals surface area contributed by atoms with E-state index in [1.165, 1.54) is 82.5 Å². The van der Waals surface area contributed by atoms with Crippen LogP contribution in [-0.4, -0.2) is 9.55 Å². The predicted molar refractivity (Wildman–Crippen MR) is 202 cm³/mol. The molecule has 0 atom stereocenters. The van der Waals surface area contributed by atoms with Crippen LogP contribution >= 0.6 is 0 Å². The molecule has 9 aromatic rings. The number of fused-ring (bicyclic) bond motifs is 11. The summed E-state index contributed by atoms with van der Waals surface area (Å²) in [7, 11) is 0. The van der Waals surface area contributed by atoms with Gasteiger partial charge in [-0.3, -0.25) is 4.57 Å². The molecule has 1 aromatic heterocycles. The van der Waals surface area contributed by atoms with Crippen molar-refractivity contribution < 1.29 is 0 Å². The van der Waals surface area contributed by atoms with Gasteiger partial charge in [-0.25, -0.2) is 4.98 Å². The minimum Gasteiger partial charge on any atom is -0.295 e. The summed E-state index contributed by atoms with van der Waals surface area (Å²) in [5.41, 5.74) is 11.9. The molecule has 2 heterocycles. The molecular formula is C46H32N2. The Morgan fingerprint density at radius 3 is 1.52 bits per heavy atom. The number of benzene rings is 8. The molecule has 0 bridgehead atoms. The first-order valence-electron chi connectivity index (χ1n) is 16.7. The highest BCUT2D eigenvalue weighted by Gasteiger charge is 2.39. The highest BCUT2D eigenvalue weighted by molar-refractivity contribution is 6.25. The van der Waals surface area contributed by atoms with Gasteiger partial charge in [0.1, 0.15) is 5.82 Å². The molecule has 0 unspecified atom stereocenters. The van der Waals surface area contributed by atoms with E-state index in [1.54, 1.807) is 0 Å². The molecule has 0 fully saturated rings. The van der Waals surface area contributed by atoms with Gasteiger partial charge in [0.2, 0.25) is 0 Å². The van der Waals surface area contributed by atoms with Gasteiger partial charge in [-0.05, 0) is 128 Å². The summed E-state index contributed by atoms with van der Waals surface area (Å²) in [5.74, 6) is 1.11. The molecule has 0 saturated carbocycles. The molecule has 0 N–H and O–H groups in total. The second-order valence-corrected chi connectivity index (χ2v) is 13.6. The average Bonchev–Trinajstić information content (AvgIpc) is 3.64. The van der Waals surface area contributed by atoms with Crippen molar-refractivity contribution in [3.63, 3.8) is 0 Å². The van der Waals surface area contributed by atoms with E-state index in [2.05, 4.69) is 176 Å². The van der Waals surface area contributed by atoms with Crippen molar-refractivity contribution in [2.75, 3.05) is 0 Å². The third kappa shape index (κ3) is 3.90. The molecule has 0 saturated heterocycles. The Morgan fingerprint density at radius 1 is 0.417 bits per heavy atom. The fourth-order valence-corrected chi connectivity index (χ4v) is 8.06. The van der Waals surface area contributed by atoms with Crippen molar-refractivity contribution in [2.45, 2.75) is 19.3 Å². The highest BCUT2D eigenvalue weighted by atomic mass is 15.1. The second kappa shape index (κ2) is 10.0. The monoisotopic (exact) mass is 612 g/mol. The Kier molecular flexibility index (Phi) is 5.66. The third-order valence-electron chi connectivity index (χ3n) is 10.5. The van der Waals surface area contributed by atoms with E-state index in [-0.39, 0.29) is 5.41 Å². The van der Waals surface area contributed by atoms with Crippen molar-refractivity contribution in [3.05, 3.63) is 169 Å². The topological polar surface area (TPSA) is 17.8 Å². The first-order chi connectivity index (χ1) is 23.5. The standard InChI is InChI=1S/C46H32N2/c1-46(2)41-28-34(22-24-43(41)48-44-20-8-7-19-42(44)47-45(46)48)32-14-10-12-30(26-32)29-11-9-13-31(25-29)33-21-23-39-37-17-4-3-15-35(37)36-16-5-6-18-38(36)40(39)27-33/h3-28H,1-2H3. The Morgan fingerprint density at radius 2 is 0.896 bits per heavy atom. The lowest BCUT2D eigenvalue weighted by molar-refractivity contribution is 0.621. The maximum atomic E-state index is 5.06. The van der Waals surface area contributed by atoms with Gasteiger partial charge in [0.25, 0.3) is 0 Å². The van der Waals surface area contributed by atoms with E-state index in [1.807, 2.05) is 0 Å². The van der Waals surface area contributed by atoms with Crippen LogP contribution < -0.4 is 0 Å². The van der Waals surface area contributed by atoms with Crippen molar-refractivity contribution in [1.82, 2.24) is 9.55 Å². The van der Waals surface area contributed by atoms with Crippen LogP contribution in [0.15, 0.2) is 158 Å². The first kappa shape index (κ1) is 27.2. The number of hydrogen-bond acceptors (Lipinski definition) is 1. The van der Waals surface area contributed by atoms with Gasteiger partial charge in [-0.2, -0.15) is 0 Å². The van der Waals surface area contributed by atoms with Crippen LogP contribution in [0.4, 0.5) is 0 Å². The Hall–Kier alpha value is -5.99. The number of hydrogen-bond donors (Lipinski definition) is 0. The zero-order chi connectivity index (χ0) is 32.0. The van der Waals surface area contributed by atoms with Crippen LogP contribution in [-0.2, 0) is 5.41 Å². The molecule has 0 spiro atoms. The molecule has 10 rings (SSSR count). The average molecular weight is 613 g/mol. The second-order valence-electron chi connectivity index (χ2n) is 13.6. The van der Waals surface area contributed by atoms with Crippen LogP contribution in [0.5, 0.6) is 0 Å². The summed E-state index contributed by atoms with van der Waals surface area (Å²) in [6.07, 6.45) is 0. The van der Waals surface area contributed by atoms with Crippen LogP contribution in [0.1, 0.15) is 25.2 Å². The maximum Gasteiger partial charge on any atom is 0.124 e. The van der Waals surface area contributed by atoms with Gasteiger partial charge in [0.15, 0.2) is 0 Å². The number of aromatic nitrogens is 2. The van der Waals surface area contributed by atoms with Crippen molar-refractivity contribution in [2.24, 2.45) is 0 Å². The molecule has 0 amide bonds. The molecule has 1 aliphatic heterocycles. The van der Waals surface area contributed by atoms with Gasteiger partial charge in [-0.15, -0.1) is 0 Å². The highest BCUT2D eigenvalue weighted by Crippen LogP contribution is 2.46. The van der Waals surface area contributed by atoms with Crippen LogP contribution in [0, 0.1) is 0 Å². The van der Waals surface area contributed by atoms with E-state index in [0.29, 0.717) is 0 Å². The normalized spacial score (nSPS) is 13.4. The molecule has 2 heteroatoms. The predicted octanol–water partition coefficient (Wildman–Crippen LogP) is 12.1. The SMILES string of the molecule is CC1(C)c2cc(-c3cccc(-c4cccc(-c5ccc6c7ccccc7c7ccccc7c6c5)c4)c3)ccc2-n2c1nc1ccccc12. The first-order valence-corrected chi connectivity index (χ1v) is 16.7. The molecule has 0 aliphatic carbocycles. The minimum absolute atomic E-state index is 0.187. The van der Waals surface area contributed by atoms with Gasteiger partial charge in [0, 0.05) is 0 Å². The fourth-order valence-electron chi connectivity index (χ4n) is 8.06. The maximum absolute atomic E-state index is 5.06. The summed E-state index contributed by atoms with van der Waals surface area (Å²) in [6.45, 7) is 4.58. The van der Waals surface area contributed by atoms with Gasteiger partial charge >= 0.3 is 0 Å². The molecule has 48 heavy (non-hydrogen) atoms. The van der Waals surface area contributed by atoms with E-state index in [0.717, 1.165) is 11.3 Å². The van der Waals surface area contributed by atoms with Gasteiger partial charge in [0.05, 0.1) is 22.1 Å². The zero-order valence-corrected chi connectivity index (χ0v) is 26.9. The fraction of sp³-hybridized carbons (Fsp3) is 0.0652. The minimum atomic E-state index is -0.187. The van der Waals surface area contributed by atoms with E-state index >= 15 is 0 Å². The lowest BCUT2D eigenvalue weighted by Crippen LogP contribution is -2.16. The lowest BCUT2D eigenvalue weighted by Gasteiger charge is -2.18. The summed E-state index contributed by atoms with van der Waals surface area (Å²) < 4.78 is 2.34. The molecule has 8 aromatic carbocycles. The van der Waals surface area contributed by atoms with E-state index in [9.17, 15) is 0 Å². The molecule has 1 aliphatic rings. The zero-order valence-electron chi connectivity index (χ0n) is 26.9. The lowest BCUT2D eigenvalue weighted by atomic mass is 9.84. The summed E-state index contributed by atoms with van der Waals surface area (Å²) in [6, 6.07) is 57.8. The smallest absolute Gasteiger partial charge is 0.124 e. The Balaban J connectivity index is 1.05. The third-order valence-corrected chi connectivity index (χ3v) is 10.5. The summed E-state index contributed by atoms with van der Waals surface area (Å²) in [4.78, 5) is 5.06. The van der Waals surface area contributed by atoms with E-state index < -0.39 is 0 Å². The summed E-state index contributed by atoms with van der Waals surface area (Å²) in [5, 5.41) is 7.80. The number of rotatable bonds is 3. The van der Waals surface area contributed by atoms with E-state index in [4.69, 9.17) is 4.98 Å². The van der Waals surface area contributed by atoms with Crippen molar-refractivity contribution >= 4 is 43.4 Å². The Labute approximate surface area is 279 Å². The van der Waals surface area contributed by atoms with Gasteiger partial charge in [-0.1, -0.05) is 115 Å². The van der Waals surface area contributed by atoms with Gasteiger partial charge < -0.3 is 0 Å². The Bertz CT molecular complexity index is 2730.